The highest BCUT2D eigenvalue weighted by Crippen LogP contribution is 2.39. The molecule has 1 aliphatic rings. The van der Waals surface area contributed by atoms with Gasteiger partial charge in [0.05, 0.1) is 27.5 Å². The van der Waals surface area contributed by atoms with Gasteiger partial charge in [0.2, 0.25) is 11.8 Å². The van der Waals surface area contributed by atoms with E-state index in [1.165, 1.54) is 17.1 Å². The van der Waals surface area contributed by atoms with E-state index in [2.05, 4.69) is 44.4 Å². The van der Waals surface area contributed by atoms with Crippen molar-refractivity contribution in [2.24, 2.45) is 7.05 Å². The highest BCUT2D eigenvalue weighted by Gasteiger charge is 2.23. The number of aryl methyl sites for hydroxylation is 4. The first kappa shape index (κ1) is 45.6. The molecule has 6 rings (SSSR count). The maximum absolute atomic E-state index is 14.1. The average molecular weight is 731 g/mol. The predicted octanol–water partition coefficient (Wildman–Crippen LogP) is 10.7. The summed E-state index contributed by atoms with van der Waals surface area (Å²) in [7, 11) is 1.86. The third kappa shape index (κ3) is 10.5. The molecule has 1 aliphatic heterocycles. The Kier molecular flexibility index (Phi) is 22.1. The number of rotatable bonds is 5. The van der Waals surface area contributed by atoms with Gasteiger partial charge in [-0.3, -0.25) is 19.5 Å². The highest BCUT2D eigenvalue weighted by atomic mass is 20.0. The third-order valence-corrected chi connectivity index (χ3v) is 6.70. The molecule has 0 bridgehead atoms. The number of nitrogens with zero attached hydrogens (tertiary/aromatic N) is 6. The number of para-hydroxylation sites is 1. The maximum Gasteiger partial charge on any atom is 0.306 e. The van der Waals surface area contributed by atoms with Gasteiger partial charge in [-0.2, -0.15) is 9.49 Å². The van der Waals surface area contributed by atoms with Crippen LogP contribution in [-0.2, 0) is 20.0 Å². The Balaban J connectivity index is 0. The van der Waals surface area contributed by atoms with E-state index in [0.29, 0.717) is 16.9 Å². The zero-order valence-electron chi connectivity index (χ0n) is 24.6. The standard InChI is InChI=1S/C26H22FN7O2.6F2.FH/c1-15-11-20(27)23(34(35)36)12-21(15)30-26-28-13-18(22-8-9-29-32(22)2)24(31-26)19-14-33-10-4-6-16-5-3-7-17(19)25(16)33;6*1-2;/h3,5,7-9,11-14H,4,6,10H2,1-2H3,(H,28,30,31);;;;;;;1H. The Labute approximate surface area is 265 Å². The second-order valence-electron chi connectivity index (χ2n) is 8.95. The fourth-order valence-corrected chi connectivity index (χ4v) is 4.97. The van der Waals surface area contributed by atoms with Crippen LogP contribution in [0.1, 0.15) is 17.5 Å². The largest absolute Gasteiger partial charge is 0.347 e. The van der Waals surface area contributed by atoms with Gasteiger partial charge in [0, 0.05) is 110 Å². The molecule has 0 saturated heterocycles. The zero-order chi connectivity index (χ0) is 37.0. The average Bonchev–Trinajstić information content (AvgIpc) is 3.75. The van der Waals surface area contributed by atoms with Crippen LogP contribution in [0.3, 0.4) is 0 Å². The van der Waals surface area contributed by atoms with Gasteiger partial charge < -0.3 is 9.88 Å². The number of benzene rings is 2. The number of nitrogens with one attached hydrogen (secondary N) is 1. The molecule has 0 fully saturated rings. The van der Waals surface area contributed by atoms with Crippen molar-refractivity contribution in [3.05, 3.63) is 82.0 Å². The quantitative estimate of drug-likeness (QED) is 0.110. The molecule has 4 heterocycles. The molecule has 9 nitrogen and oxygen atoms in total. The molecule has 0 amide bonds. The zero-order valence-corrected chi connectivity index (χ0v) is 24.6. The minimum Gasteiger partial charge on any atom is -0.347 e. The Morgan fingerprint density at radius 3 is 2.12 bits per heavy atom. The Morgan fingerprint density at radius 2 is 1.55 bits per heavy atom. The van der Waals surface area contributed by atoms with E-state index < -0.39 is 16.4 Å². The lowest BCUT2D eigenvalue weighted by atomic mass is 10.00. The van der Waals surface area contributed by atoms with Crippen LogP contribution in [0.15, 0.2) is 55.0 Å². The molecule has 272 valence electrons. The summed E-state index contributed by atoms with van der Waals surface area (Å²) >= 11 is 0. The van der Waals surface area contributed by atoms with Gasteiger partial charge >= 0.3 is 5.69 Å². The van der Waals surface area contributed by atoms with Crippen LogP contribution < -0.4 is 5.32 Å². The van der Waals surface area contributed by atoms with Crippen LogP contribution in [0.25, 0.3) is 33.4 Å². The number of aromatic nitrogens is 5. The van der Waals surface area contributed by atoms with Crippen molar-refractivity contribution >= 4 is 28.2 Å². The van der Waals surface area contributed by atoms with Crippen molar-refractivity contribution in [3.8, 4) is 22.5 Å². The number of hydrogen-bond acceptors (Lipinski definition) is 6. The summed E-state index contributed by atoms with van der Waals surface area (Å²) < 4.78 is 114. The summed E-state index contributed by atoms with van der Waals surface area (Å²) in [5.41, 5.74) is 6.15. The molecule has 23 heteroatoms. The fourth-order valence-electron chi connectivity index (χ4n) is 4.97. The molecule has 0 radical (unpaired) electrons. The molecular formula is C26H23F14N7O2. The van der Waals surface area contributed by atoms with Crippen LogP contribution in [-0.4, -0.2) is 29.2 Å². The molecule has 0 atom stereocenters. The van der Waals surface area contributed by atoms with Crippen LogP contribution in [0.5, 0.6) is 0 Å². The Bertz CT molecular complexity index is 1710. The van der Waals surface area contributed by atoms with Gasteiger partial charge in [-0.1, -0.05) is 18.2 Å². The molecule has 0 saturated carbocycles. The molecule has 3 aromatic heterocycles. The minimum absolute atomic E-state index is 0. The third-order valence-electron chi connectivity index (χ3n) is 6.70. The normalized spacial score (nSPS) is 10.1. The number of nitro groups is 1. The molecule has 1 N–H and O–H groups in total. The first-order chi connectivity index (χ1) is 23.4. The van der Waals surface area contributed by atoms with Crippen molar-refractivity contribution in [3.63, 3.8) is 0 Å². The SMILES string of the molecule is Cc1cc(F)c([N+](=O)[O-])cc1Nc1ncc(-c2ccnn2C)c(-c2cn3c4c(cccc24)CCC3)n1.F.FF.FF.FF.FF.FF.FF. The van der Waals surface area contributed by atoms with Crippen molar-refractivity contribution in [1.29, 1.82) is 0 Å². The lowest BCUT2D eigenvalue weighted by Gasteiger charge is -2.14. The topological polar surface area (TPSA) is 104 Å². The van der Waals surface area contributed by atoms with Crippen LogP contribution in [0.4, 0.5) is 81.3 Å². The minimum atomic E-state index is -0.884. The van der Waals surface area contributed by atoms with Crippen molar-refractivity contribution in [2.75, 3.05) is 5.32 Å². The Morgan fingerprint density at radius 1 is 0.918 bits per heavy atom. The van der Waals surface area contributed by atoms with Crippen LogP contribution in [0, 0.1) is 22.9 Å². The van der Waals surface area contributed by atoms with Gasteiger partial charge in [0.25, 0.3) is 0 Å². The molecule has 0 unspecified atom stereocenters. The van der Waals surface area contributed by atoms with Crippen LogP contribution in [0.2, 0.25) is 0 Å². The van der Waals surface area contributed by atoms with Gasteiger partial charge in [-0.25, -0.2) is 9.97 Å². The predicted molar refractivity (Wildman–Crippen MR) is 150 cm³/mol. The summed E-state index contributed by atoms with van der Waals surface area (Å²) in [6, 6.07) is 10.6. The number of halogens is 14. The van der Waals surface area contributed by atoms with Crippen LogP contribution >= 0.6 is 0 Å². The van der Waals surface area contributed by atoms with Crippen molar-refractivity contribution < 1.29 is 68.9 Å². The van der Waals surface area contributed by atoms with E-state index >= 15 is 0 Å². The molecule has 2 aromatic carbocycles. The smallest absolute Gasteiger partial charge is 0.306 e. The summed E-state index contributed by atoms with van der Waals surface area (Å²) in [4.78, 5) is 19.9. The number of nitro benzene ring substituents is 1. The molecular weight excluding hydrogens is 708 g/mol. The van der Waals surface area contributed by atoms with E-state index in [-0.39, 0.29) is 10.7 Å². The highest BCUT2D eigenvalue weighted by molar-refractivity contribution is 6.00. The summed E-state index contributed by atoms with van der Waals surface area (Å²) in [5, 5.41) is 19.7. The summed E-state index contributed by atoms with van der Waals surface area (Å²) in [6.07, 6.45) is 7.69. The van der Waals surface area contributed by atoms with E-state index in [1.54, 1.807) is 24.0 Å². The first-order valence-corrected chi connectivity index (χ1v) is 12.4. The summed E-state index contributed by atoms with van der Waals surface area (Å²) in [6.45, 7) is 2.61. The van der Waals surface area contributed by atoms with E-state index in [9.17, 15) is 14.5 Å². The molecule has 0 spiro atoms. The number of hydrogen-bond donors (Lipinski definition) is 1. The Hall–Kier alpha value is -5.51. The van der Waals surface area contributed by atoms with Crippen molar-refractivity contribution in [2.45, 2.75) is 26.3 Å². The first-order valence-electron chi connectivity index (χ1n) is 12.4. The number of anilines is 2. The molecule has 5 aromatic rings. The molecule has 49 heavy (non-hydrogen) atoms. The van der Waals surface area contributed by atoms with E-state index in [1.807, 2.05) is 13.1 Å². The van der Waals surface area contributed by atoms with E-state index in [4.69, 9.17) is 59.9 Å². The lowest BCUT2D eigenvalue weighted by molar-refractivity contribution is -0.387. The van der Waals surface area contributed by atoms with Gasteiger partial charge in [0.15, 0.2) is 0 Å². The van der Waals surface area contributed by atoms with Gasteiger partial charge in [0.1, 0.15) is 0 Å². The molecule has 0 aliphatic carbocycles. The summed E-state index contributed by atoms with van der Waals surface area (Å²) in [5.74, 6) is -0.628. The second kappa shape index (κ2) is 23.8. The van der Waals surface area contributed by atoms with Gasteiger partial charge in [-0.15, -0.1) is 0 Å². The fraction of sp³-hybridized carbons (Fsp3) is 0.192. The monoisotopic (exact) mass is 731 g/mol. The van der Waals surface area contributed by atoms with Crippen molar-refractivity contribution in [1.82, 2.24) is 24.3 Å². The lowest BCUT2D eigenvalue weighted by Crippen LogP contribution is -2.05. The maximum atomic E-state index is 14.1. The second-order valence-corrected chi connectivity index (χ2v) is 8.95. The van der Waals surface area contributed by atoms with E-state index in [0.717, 1.165) is 47.7 Å². The van der Waals surface area contributed by atoms with Gasteiger partial charge in [-0.05, 0) is 43.0 Å².